The number of primary amides is 1. The van der Waals surface area contributed by atoms with Crippen molar-refractivity contribution in [3.05, 3.63) is 60.2 Å². The molecular weight excluding hydrogens is 234 g/mol. The van der Waals surface area contributed by atoms with Crippen LogP contribution in [0.4, 0.5) is 0 Å². The normalized spacial score (nSPS) is 16.6. The Balaban J connectivity index is 2.03. The second-order valence-corrected chi connectivity index (χ2v) is 5.25. The summed E-state index contributed by atoms with van der Waals surface area (Å²) >= 11 is 0. The summed E-state index contributed by atoms with van der Waals surface area (Å²) < 4.78 is 0. The molecule has 1 aliphatic carbocycles. The van der Waals surface area contributed by atoms with Gasteiger partial charge in [0.15, 0.2) is 0 Å². The molecule has 0 bridgehead atoms. The molecule has 96 valence electrons. The number of hydrogen-bond donors (Lipinski definition) is 1. The van der Waals surface area contributed by atoms with E-state index in [4.69, 9.17) is 5.73 Å². The summed E-state index contributed by atoms with van der Waals surface area (Å²) in [7, 11) is 0. The molecule has 0 saturated heterocycles. The maximum Gasteiger partial charge on any atom is 0.228 e. The number of benzene rings is 2. The summed E-state index contributed by atoms with van der Waals surface area (Å²) in [6.45, 7) is 0. The lowest BCUT2D eigenvalue weighted by Crippen LogP contribution is -2.46. The fraction of sp³-hybridized carbons (Fsp3) is 0.235. The van der Waals surface area contributed by atoms with Crippen molar-refractivity contribution >= 4 is 5.91 Å². The summed E-state index contributed by atoms with van der Waals surface area (Å²) in [5.41, 5.74) is 8.57. The third-order valence-electron chi connectivity index (χ3n) is 4.20. The summed E-state index contributed by atoms with van der Waals surface area (Å²) in [5.74, 6) is -0.191. The number of rotatable bonds is 3. The minimum Gasteiger partial charge on any atom is -0.369 e. The molecule has 0 spiro atoms. The van der Waals surface area contributed by atoms with Crippen molar-refractivity contribution in [2.45, 2.75) is 24.7 Å². The predicted octanol–water partition coefficient (Wildman–Crippen LogP) is 3.26. The SMILES string of the molecule is NC(=O)C1(c2cccc(-c3ccccc3)c2)CCC1. The highest BCUT2D eigenvalue weighted by atomic mass is 16.1. The highest BCUT2D eigenvalue weighted by molar-refractivity contribution is 5.88. The molecule has 0 aliphatic heterocycles. The molecule has 1 fully saturated rings. The van der Waals surface area contributed by atoms with Gasteiger partial charge in [-0.25, -0.2) is 0 Å². The van der Waals surface area contributed by atoms with E-state index in [1.54, 1.807) is 0 Å². The van der Waals surface area contributed by atoms with Crippen molar-refractivity contribution in [3.8, 4) is 11.1 Å². The van der Waals surface area contributed by atoms with Gasteiger partial charge < -0.3 is 5.73 Å². The first-order valence-electron chi connectivity index (χ1n) is 6.68. The van der Waals surface area contributed by atoms with E-state index in [1.807, 2.05) is 30.3 Å². The lowest BCUT2D eigenvalue weighted by atomic mass is 9.63. The summed E-state index contributed by atoms with van der Waals surface area (Å²) in [5, 5.41) is 0. The standard InChI is InChI=1S/C17H17NO/c18-16(19)17(10-5-11-17)15-9-4-8-14(12-15)13-6-2-1-3-7-13/h1-4,6-9,12H,5,10-11H2,(H2,18,19). The van der Waals surface area contributed by atoms with Crippen molar-refractivity contribution in [3.63, 3.8) is 0 Å². The second-order valence-electron chi connectivity index (χ2n) is 5.25. The Kier molecular flexibility index (Phi) is 2.86. The average molecular weight is 251 g/mol. The molecule has 1 amide bonds. The average Bonchev–Trinajstić information content (AvgIpc) is 2.38. The molecule has 1 aliphatic rings. The molecule has 19 heavy (non-hydrogen) atoms. The van der Waals surface area contributed by atoms with Crippen LogP contribution in [-0.2, 0) is 10.2 Å². The lowest BCUT2D eigenvalue weighted by molar-refractivity contribution is -0.126. The molecule has 2 nitrogen and oxygen atoms in total. The van der Waals surface area contributed by atoms with Gasteiger partial charge in [-0.1, -0.05) is 61.0 Å². The number of nitrogens with two attached hydrogens (primary N) is 1. The van der Waals surface area contributed by atoms with E-state index in [0.717, 1.165) is 30.4 Å². The van der Waals surface area contributed by atoms with Crippen LogP contribution in [0.2, 0.25) is 0 Å². The molecule has 2 N–H and O–H groups in total. The van der Waals surface area contributed by atoms with Crippen molar-refractivity contribution in [2.24, 2.45) is 5.73 Å². The van der Waals surface area contributed by atoms with Gasteiger partial charge in [-0.05, 0) is 29.5 Å². The van der Waals surface area contributed by atoms with Gasteiger partial charge in [0, 0.05) is 0 Å². The third-order valence-corrected chi connectivity index (χ3v) is 4.20. The zero-order chi connectivity index (χ0) is 13.3. The molecule has 0 unspecified atom stereocenters. The van der Waals surface area contributed by atoms with E-state index in [-0.39, 0.29) is 5.91 Å². The Bertz CT molecular complexity index is 600. The molecule has 2 aromatic rings. The van der Waals surface area contributed by atoms with Gasteiger partial charge in [-0.2, -0.15) is 0 Å². The van der Waals surface area contributed by atoms with E-state index in [9.17, 15) is 4.79 Å². The van der Waals surface area contributed by atoms with E-state index >= 15 is 0 Å². The first-order valence-corrected chi connectivity index (χ1v) is 6.68. The van der Waals surface area contributed by atoms with Crippen molar-refractivity contribution in [2.75, 3.05) is 0 Å². The van der Waals surface area contributed by atoms with Crippen molar-refractivity contribution in [1.82, 2.24) is 0 Å². The lowest BCUT2D eigenvalue weighted by Gasteiger charge is -2.39. The third kappa shape index (κ3) is 1.93. The molecule has 0 atom stereocenters. The van der Waals surface area contributed by atoms with Gasteiger partial charge in [0.25, 0.3) is 0 Å². The molecule has 1 saturated carbocycles. The molecule has 0 heterocycles. The van der Waals surface area contributed by atoms with E-state index in [2.05, 4.69) is 24.3 Å². The fourth-order valence-corrected chi connectivity index (χ4v) is 2.83. The van der Waals surface area contributed by atoms with Crippen LogP contribution < -0.4 is 5.73 Å². The molecule has 2 aromatic carbocycles. The van der Waals surface area contributed by atoms with Crippen molar-refractivity contribution in [1.29, 1.82) is 0 Å². The molecule has 2 heteroatoms. The fourth-order valence-electron chi connectivity index (χ4n) is 2.83. The maximum absolute atomic E-state index is 11.8. The Morgan fingerprint density at radius 3 is 2.21 bits per heavy atom. The first kappa shape index (κ1) is 12.0. The van der Waals surface area contributed by atoms with Gasteiger partial charge in [0.2, 0.25) is 5.91 Å². The van der Waals surface area contributed by atoms with Crippen molar-refractivity contribution < 1.29 is 4.79 Å². The van der Waals surface area contributed by atoms with Gasteiger partial charge in [-0.15, -0.1) is 0 Å². The smallest absolute Gasteiger partial charge is 0.228 e. The van der Waals surface area contributed by atoms with Crippen LogP contribution in [0.5, 0.6) is 0 Å². The highest BCUT2D eigenvalue weighted by Gasteiger charge is 2.44. The summed E-state index contributed by atoms with van der Waals surface area (Å²) in [6.07, 6.45) is 2.83. The number of amides is 1. The minimum absolute atomic E-state index is 0.191. The monoisotopic (exact) mass is 251 g/mol. The molecule has 0 radical (unpaired) electrons. The minimum atomic E-state index is -0.426. The molecule has 3 rings (SSSR count). The van der Waals surface area contributed by atoms with Crippen LogP contribution in [0, 0.1) is 0 Å². The zero-order valence-electron chi connectivity index (χ0n) is 10.8. The van der Waals surface area contributed by atoms with Crippen LogP contribution in [-0.4, -0.2) is 5.91 Å². The summed E-state index contributed by atoms with van der Waals surface area (Å²) in [4.78, 5) is 11.8. The maximum atomic E-state index is 11.8. The van der Waals surface area contributed by atoms with Crippen LogP contribution in [0.25, 0.3) is 11.1 Å². The van der Waals surface area contributed by atoms with Crippen LogP contribution in [0.15, 0.2) is 54.6 Å². The Hall–Kier alpha value is -2.09. The van der Waals surface area contributed by atoms with Crippen LogP contribution >= 0.6 is 0 Å². The van der Waals surface area contributed by atoms with Gasteiger partial charge >= 0.3 is 0 Å². The van der Waals surface area contributed by atoms with E-state index < -0.39 is 5.41 Å². The second kappa shape index (κ2) is 4.54. The van der Waals surface area contributed by atoms with Crippen LogP contribution in [0.1, 0.15) is 24.8 Å². The highest BCUT2D eigenvalue weighted by Crippen LogP contribution is 2.44. The van der Waals surface area contributed by atoms with E-state index in [0.29, 0.717) is 0 Å². The van der Waals surface area contributed by atoms with Crippen LogP contribution in [0.3, 0.4) is 0 Å². The molecule has 0 aromatic heterocycles. The number of carbonyl (C=O) groups excluding carboxylic acids is 1. The number of hydrogen-bond acceptors (Lipinski definition) is 1. The Morgan fingerprint density at radius 1 is 0.947 bits per heavy atom. The van der Waals surface area contributed by atoms with E-state index in [1.165, 1.54) is 5.56 Å². The number of carbonyl (C=O) groups is 1. The summed E-state index contributed by atoms with van der Waals surface area (Å²) in [6, 6.07) is 18.4. The Labute approximate surface area is 113 Å². The quantitative estimate of drug-likeness (QED) is 0.894. The Morgan fingerprint density at radius 2 is 1.63 bits per heavy atom. The predicted molar refractivity (Wildman–Crippen MR) is 76.6 cm³/mol. The first-order chi connectivity index (χ1) is 9.22. The zero-order valence-corrected chi connectivity index (χ0v) is 10.8. The van der Waals surface area contributed by atoms with Gasteiger partial charge in [0.05, 0.1) is 5.41 Å². The largest absolute Gasteiger partial charge is 0.369 e. The van der Waals surface area contributed by atoms with Gasteiger partial charge in [0.1, 0.15) is 0 Å². The molecular formula is C17H17NO. The van der Waals surface area contributed by atoms with Gasteiger partial charge in [-0.3, -0.25) is 4.79 Å². The topological polar surface area (TPSA) is 43.1 Å².